The van der Waals surface area contributed by atoms with Crippen LogP contribution in [0, 0.1) is 19.8 Å². The number of benzene rings is 1. The lowest BCUT2D eigenvalue weighted by atomic mass is 9.97. The molecule has 0 radical (unpaired) electrons. The second-order valence-electron chi connectivity index (χ2n) is 7.42. The molecule has 0 aliphatic carbocycles. The molecule has 7 heteroatoms. The Bertz CT molecular complexity index is 969. The number of amides is 1. The van der Waals surface area contributed by atoms with E-state index in [1.54, 1.807) is 0 Å². The Balaban J connectivity index is 1.28. The summed E-state index contributed by atoms with van der Waals surface area (Å²) in [7, 11) is 0. The van der Waals surface area contributed by atoms with Crippen molar-refractivity contribution in [1.29, 1.82) is 0 Å². The molecule has 0 saturated carbocycles. The first-order valence-electron chi connectivity index (χ1n) is 9.61. The number of oxazole rings is 1. The van der Waals surface area contributed by atoms with E-state index in [0.717, 1.165) is 59.9 Å². The molecule has 0 unspecified atom stereocenters. The van der Waals surface area contributed by atoms with Crippen LogP contribution in [0.5, 0.6) is 0 Å². The van der Waals surface area contributed by atoms with E-state index >= 15 is 0 Å². The summed E-state index contributed by atoms with van der Waals surface area (Å²) in [6.45, 7) is 7.35. The van der Waals surface area contributed by atoms with Crippen molar-refractivity contribution in [2.24, 2.45) is 5.92 Å². The van der Waals surface area contributed by atoms with Gasteiger partial charge in [0.05, 0.1) is 17.3 Å². The Labute approximate surface area is 173 Å². The number of piperidine rings is 1. The standard InChI is InChI=1S/C21H24ClN3O2S/c1-13-14(2)27-18(24-13)12-25-9-7-15(8-10-25)11-23-21(26)20-19(22)16-5-3-4-6-17(16)28-20/h3-6,15H,7-12H2,1-2H3,(H,23,26). The Morgan fingerprint density at radius 2 is 2.07 bits per heavy atom. The van der Waals surface area contributed by atoms with Gasteiger partial charge in [-0.1, -0.05) is 29.8 Å². The number of halogens is 1. The average Bonchev–Trinajstić information content (AvgIpc) is 3.20. The number of aryl methyl sites for hydroxylation is 2. The van der Waals surface area contributed by atoms with Crippen LogP contribution in [0.3, 0.4) is 0 Å². The molecule has 148 valence electrons. The third-order valence-corrected chi connectivity index (χ3v) is 7.11. The van der Waals surface area contributed by atoms with Crippen LogP contribution in [0.15, 0.2) is 28.7 Å². The van der Waals surface area contributed by atoms with Crippen LogP contribution >= 0.6 is 22.9 Å². The number of hydrogen-bond donors (Lipinski definition) is 1. The number of hydrogen-bond acceptors (Lipinski definition) is 5. The minimum Gasteiger partial charge on any atom is -0.444 e. The van der Waals surface area contributed by atoms with Crippen molar-refractivity contribution in [3.63, 3.8) is 0 Å². The fourth-order valence-electron chi connectivity index (χ4n) is 3.62. The van der Waals surface area contributed by atoms with Gasteiger partial charge >= 0.3 is 0 Å². The van der Waals surface area contributed by atoms with Crippen molar-refractivity contribution in [3.05, 3.63) is 51.5 Å². The summed E-state index contributed by atoms with van der Waals surface area (Å²) >= 11 is 7.86. The number of fused-ring (bicyclic) bond motifs is 1. The van der Waals surface area contributed by atoms with Gasteiger partial charge in [-0.15, -0.1) is 11.3 Å². The van der Waals surface area contributed by atoms with Crippen LogP contribution in [0.1, 0.15) is 39.9 Å². The zero-order valence-electron chi connectivity index (χ0n) is 16.1. The quantitative estimate of drug-likeness (QED) is 0.647. The highest BCUT2D eigenvalue weighted by atomic mass is 35.5. The number of likely N-dealkylation sites (tertiary alicyclic amines) is 1. The molecule has 4 rings (SSSR count). The number of rotatable bonds is 5. The van der Waals surface area contributed by atoms with E-state index in [4.69, 9.17) is 16.0 Å². The highest BCUT2D eigenvalue weighted by Gasteiger charge is 2.23. The number of aromatic nitrogens is 1. The number of nitrogens with one attached hydrogen (secondary N) is 1. The summed E-state index contributed by atoms with van der Waals surface area (Å²) in [5, 5.41) is 4.59. The van der Waals surface area contributed by atoms with Crippen LogP contribution in [0.2, 0.25) is 5.02 Å². The molecule has 3 aromatic rings. The average molecular weight is 418 g/mol. The first-order chi connectivity index (χ1) is 13.5. The van der Waals surface area contributed by atoms with Gasteiger partial charge in [0.2, 0.25) is 5.89 Å². The molecule has 0 spiro atoms. The maximum atomic E-state index is 12.6. The Hall–Kier alpha value is -1.89. The lowest BCUT2D eigenvalue weighted by molar-refractivity contribution is 0.0938. The summed E-state index contributed by atoms with van der Waals surface area (Å²) < 4.78 is 6.73. The summed E-state index contributed by atoms with van der Waals surface area (Å²) in [5.74, 6) is 2.11. The molecule has 1 aromatic carbocycles. The Morgan fingerprint density at radius 3 is 2.75 bits per heavy atom. The van der Waals surface area contributed by atoms with E-state index in [1.807, 2.05) is 38.1 Å². The van der Waals surface area contributed by atoms with Gasteiger partial charge in [0.1, 0.15) is 10.6 Å². The molecule has 5 nitrogen and oxygen atoms in total. The van der Waals surface area contributed by atoms with E-state index in [9.17, 15) is 4.79 Å². The third-order valence-electron chi connectivity index (χ3n) is 5.43. The SMILES string of the molecule is Cc1nc(CN2CCC(CNC(=O)c3sc4ccccc4c3Cl)CC2)oc1C. The van der Waals surface area contributed by atoms with Crippen molar-refractivity contribution < 1.29 is 9.21 Å². The molecule has 0 atom stereocenters. The van der Waals surface area contributed by atoms with E-state index in [2.05, 4.69) is 15.2 Å². The molecule has 1 fully saturated rings. The minimum atomic E-state index is -0.0700. The van der Waals surface area contributed by atoms with Gasteiger partial charge < -0.3 is 9.73 Å². The zero-order chi connectivity index (χ0) is 19.7. The molecule has 1 amide bonds. The Kier molecular flexibility index (Phi) is 5.71. The van der Waals surface area contributed by atoms with Crippen LogP contribution < -0.4 is 5.32 Å². The van der Waals surface area contributed by atoms with Crippen molar-refractivity contribution >= 4 is 38.9 Å². The molecule has 3 heterocycles. The van der Waals surface area contributed by atoms with Gasteiger partial charge in [-0.2, -0.15) is 0 Å². The maximum Gasteiger partial charge on any atom is 0.262 e. The van der Waals surface area contributed by atoms with Crippen LogP contribution in [-0.2, 0) is 6.54 Å². The molecule has 1 N–H and O–H groups in total. The second kappa shape index (κ2) is 8.23. The van der Waals surface area contributed by atoms with E-state index in [1.165, 1.54) is 11.3 Å². The maximum absolute atomic E-state index is 12.6. The largest absolute Gasteiger partial charge is 0.444 e. The monoisotopic (exact) mass is 417 g/mol. The van der Waals surface area contributed by atoms with Crippen molar-refractivity contribution in [2.45, 2.75) is 33.2 Å². The van der Waals surface area contributed by atoms with Gasteiger partial charge in [-0.05, 0) is 51.8 Å². The van der Waals surface area contributed by atoms with Crippen molar-refractivity contribution in [1.82, 2.24) is 15.2 Å². The molecule has 0 bridgehead atoms. The highest BCUT2D eigenvalue weighted by molar-refractivity contribution is 7.21. The lowest BCUT2D eigenvalue weighted by Crippen LogP contribution is -2.38. The molecule has 1 aliphatic heterocycles. The van der Waals surface area contributed by atoms with Crippen LogP contribution in [-0.4, -0.2) is 35.4 Å². The van der Waals surface area contributed by atoms with Crippen molar-refractivity contribution in [2.75, 3.05) is 19.6 Å². The topological polar surface area (TPSA) is 58.4 Å². The smallest absolute Gasteiger partial charge is 0.262 e. The molecular weight excluding hydrogens is 394 g/mol. The van der Waals surface area contributed by atoms with Gasteiger partial charge in [-0.3, -0.25) is 9.69 Å². The molecule has 28 heavy (non-hydrogen) atoms. The first-order valence-corrected chi connectivity index (χ1v) is 10.8. The van der Waals surface area contributed by atoms with Crippen LogP contribution in [0.25, 0.3) is 10.1 Å². The van der Waals surface area contributed by atoms with Gasteiger partial charge in [-0.25, -0.2) is 4.98 Å². The second-order valence-corrected chi connectivity index (χ2v) is 8.85. The molecule has 2 aromatic heterocycles. The summed E-state index contributed by atoms with van der Waals surface area (Å²) in [4.78, 5) is 20.0. The first kappa shape index (κ1) is 19.4. The summed E-state index contributed by atoms with van der Waals surface area (Å²) in [6.07, 6.45) is 2.11. The Morgan fingerprint density at radius 1 is 1.32 bits per heavy atom. The molecule has 1 aliphatic rings. The number of carbonyl (C=O) groups is 1. The summed E-state index contributed by atoms with van der Waals surface area (Å²) in [6, 6.07) is 7.86. The zero-order valence-corrected chi connectivity index (χ0v) is 17.7. The van der Waals surface area contributed by atoms with Gasteiger partial charge in [0, 0.05) is 16.6 Å². The summed E-state index contributed by atoms with van der Waals surface area (Å²) in [5.41, 5.74) is 0.965. The fourth-order valence-corrected chi connectivity index (χ4v) is 5.06. The van der Waals surface area contributed by atoms with E-state index < -0.39 is 0 Å². The lowest BCUT2D eigenvalue weighted by Gasteiger charge is -2.31. The van der Waals surface area contributed by atoms with Crippen LogP contribution in [0.4, 0.5) is 0 Å². The molecular formula is C21H24ClN3O2S. The van der Waals surface area contributed by atoms with Gasteiger partial charge in [0.25, 0.3) is 5.91 Å². The predicted octanol–water partition coefficient (Wildman–Crippen LogP) is 4.80. The minimum absolute atomic E-state index is 0.0700. The van der Waals surface area contributed by atoms with E-state index in [0.29, 0.717) is 22.4 Å². The highest BCUT2D eigenvalue weighted by Crippen LogP contribution is 2.35. The number of carbonyl (C=O) groups excluding carboxylic acids is 1. The van der Waals surface area contributed by atoms with E-state index in [-0.39, 0.29) is 5.91 Å². The predicted molar refractivity (Wildman–Crippen MR) is 113 cm³/mol. The fraction of sp³-hybridized carbons (Fsp3) is 0.429. The number of thiophene rings is 1. The molecule has 1 saturated heterocycles. The number of nitrogens with zero attached hydrogens (tertiary/aromatic N) is 2. The van der Waals surface area contributed by atoms with Crippen molar-refractivity contribution in [3.8, 4) is 0 Å². The van der Waals surface area contributed by atoms with Gasteiger partial charge in [0.15, 0.2) is 0 Å². The third kappa shape index (κ3) is 4.09. The normalized spacial score (nSPS) is 16.0.